The van der Waals surface area contributed by atoms with E-state index in [4.69, 9.17) is 0 Å². The van der Waals surface area contributed by atoms with E-state index in [-0.39, 0.29) is 211 Å². The van der Waals surface area contributed by atoms with Gasteiger partial charge in [-0.25, -0.2) is 33.7 Å². The van der Waals surface area contributed by atoms with Gasteiger partial charge in [0.2, 0.25) is 35.7 Å². The van der Waals surface area contributed by atoms with E-state index in [0.717, 1.165) is 48.6 Å². The molecule has 0 spiro atoms. The van der Waals surface area contributed by atoms with Gasteiger partial charge in [0.05, 0.1) is 31.0 Å². The maximum Gasteiger partial charge on any atom is 1.00 e. The van der Waals surface area contributed by atoms with Crippen molar-refractivity contribution >= 4 is 122 Å². The zero-order chi connectivity index (χ0) is 53.0. The second-order valence-electron chi connectivity index (χ2n) is 15.1. The minimum atomic E-state index is -5.30. The van der Waals surface area contributed by atoms with Gasteiger partial charge in [0.15, 0.2) is 0 Å². The minimum Gasteiger partial charge on any atom is -0.744 e. The molecule has 0 aliphatic rings. The van der Waals surface area contributed by atoms with Crippen LogP contribution in [0.3, 0.4) is 0 Å². The van der Waals surface area contributed by atoms with E-state index in [1.54, 1.807) is 24.3 Å². The van der Waals surface area contributed by atoms with E-state index in [1.807, 2.05) is 0 Å². The van der Waals surface area contributed by atoms with E-state index in [0.29, 0.717) is 0 Å². The number of phenolic OH excluding ortho intramolecular Hbond substituents is 2. The molecule has 0 bridgehead atoms. The van der Waals surface area contributed by atoms with Crippen LogP contribution in [-0.4, -0.2) is 92.0 Å². The summed E-state index contributed by atoms with van der Waals surface area (Å²) >= 11 is 0. The van der Waals surface area contributed by atoms with Gasteiger partial charge in [-0.2, -0.15) is 29.9 Å². The van der Waals surface area contributed by atoms with Crippen molar-refractivity contribution in [3.8, 4) is 11.5 Å². The molecule has 8 aromatic rings. The normalized spacial score (nSPS) is 11.4. The van der Waals surface area contributed by atoms with Crippen molar-refractivity contribution in [3.63, 3.8) is 0 Å². The molecule has 26 nitrogen and oxygen atoms in total. The first-order valence-electron chi connectivity index (χ1n) is 20.6. The van der Waals surface area contributed by atoms with Gasteiger partial charge < -0.3 is 60.3 Å². The smallest absolute Gasteiger partial charge is 0.744 e. The van der Waals surface area contributed by atoms with E-state index < -0.39 is 60.1 Å². The topological polar surface area (TPSA) is 419 Å². The molecule has 0 saturated carbocycles. The summed E-state index contributed by atoms with van der Waals surface area (Å²) in [6.07, 6.45) is 2.13. The molecule has 0 aliphatic carbocycles. The van der Waals surface area contributed by atoms with E-state index in [1.165, 1.54) is 72.8 Å². The summed E-state index contributed by atoms with van der Waals surface area (Å²) in [6, 6.07) is 28.4. The van der Waals surface area contributed by atoms with Crippen LogP contribution in [0.15, 0.2) is 153 Å². The predicted molar refractivity (Wildman–Crippen MR) is 262 cm³/mol. The zero-order valence-corrected chi connectivity index (χ0v) is 52.2. The van der Waals surface area contributed by atoms with E-state index in [9.17, 15) is 62.1 Å². The Kier molecular flexibility index (Phi) is 23.2. The molecule has 2 aromatic heterocycles. The molecule has 0 unspecified atom stereocenters. The molecular weight excluding hydrogens is 1140 g/mol. The van der Waals surface area contributed by atoms with Crippen molar-refractivity contribution in [2.45, 2.75) is 19.6 Å². The number of nitrogens with one attached hydrogen (secondary N) is 6. The fraction of sp³-hybridized carbons (Fsp3) is 0. The fourth-order valence-corrected chi connectivity index (χ4v) is 9.00. The summed E-state index contributed by atoms with van der Waals surface area (Å²) in [5.74, 6) is -1.89. The van der Waals surface area contributed by atoms with Crippen LogP contribution in [0.1, 0.15) is 11.1 Å². The van der Waals surface area contributed by atoms with Crippen LogP contribution in [0.25, 0.3) is 12.2 Å². The number of rotatable bonds is 18. The first kappa shape index (κ1) is 65.6. The quantitative estimate of drug-likeness (QED) is 0.0171. The third-order valence-corrected chi connectivity index (χ3v) is 13.3. The average Bonchev–Trinajstić information content (AvgIpc) is 3.32. The first-order chi connectivity index (χ1) is 34.9. The maximum absolute atomic E-state index is 12.7. The van der Waals surface area contributed by atoms with Crippen LogP contribution < -0.4 is 150 Å². The van der Waals surface area contributed by atoms with Crippen molar-refractivity contribution in [2.75, 3.05) is 31.9 Å². The van der Waals surface area contributed by atoms with Gasteiger partial charge in [-0.3, -0.25) is 0 Å². The van der Waals surface area contributed by atoms with Crippen LogP contribution >= 0.6 is 0 Å². The largest absolute Gasteiger partial charge is 1.00 e. The van der Waals surface area contributed by atoms with Gasteiger partial charge in [0.25, 0.3) is 0 Å². The number of anilines is 12. The third-order valence-electron chi connectivity index (χ3n) is 9.85. The van der Waals surface area contributed by atoms with Gasteiger partial charge in [-0.1, -0.05) is 60.7 Å². The Morgan fingerprint density at radius 1 is 0.346 bits per heavy atom. The number of hydrogen-bond donors (Lipinski definition) is 8. The van der Waals surface area contributed by atoms with Gasteiger partial charge >= 0.3 is 118 Å². The maximum atomic E-state index is 12.7. The Morgan fingerprint density at radius 3 is 0.936 bits per heavy atom. The van der Waals surface area contributed by atoms with E-state index in [2.05, 4.69) is 61.8 Å². The Balaban J connectivity index is 0.00000328. The van der Waals surface area contributed by atoms with Crippen molar-refractivity contribution in [1.82, 2.24) is 29.9 Å². The minimum absolute atomic E-state index is 0. The van der Waals surface area contributed by atoms with Crippen LogP contribution in [0.2, 0.25) is 0 Å². The standard InChI is InChI=1S/C44H36N12O14S4.4Na/c57-35-13-3-1-11-33(35)49-43-53-39(45-27-7-5-9-31(21-27)71(59,60)61)51-41(55-43)47-29-19-17-25(37(23-29)73(65,66)67)15-16-26-18-20-30(24-38(26)74(68,69)70)48-42-52-40(46-28-8-6-10-32(22-28)72(62,63)64)54-44(56-42)50-34-12-2-4-14-36(34)58;;;;/h1-24,57-58H,(H,59,60,61)(H,62,63,64)(H,65,66,67)(H,68,69,70)(H3,45,47,49,51,53,55)(H3,46,48,50,52,54,56);;;;/q;4*+1/p-4/b16-15+;;;;. The molecule has 0 atom stereocenters. The van der Waals surface area contributed by atoms with Crippen molar-refractivity contribution in [2.24, 2.45) is 0 Å². The predicted octanol–water partition coefficient (Wildman–Crippen LogP) is -6.27. The molecular formula is C44H32N12Na4O14S4. The van der Waals surface area contributed by atoms with E-state index >= 15 is 0 Å². The Morgan fingerprint density at radius 2 is 0.641 bits per heavy atom. The number of benzene rings is 6. The molecule has 0 aliphatic heterocycles. The van der Waals surface area contributed by atoms with Crippen molar-refractivity contribution in [3.05, 3.63) is 145 Å². The molecule has 380 valence electrons. The summed E-state index contributed by atoms with van der Waals surface area (Å²) in [4.78, 5) is 22.6. The number of para-hydroxylation sites is 4. The molecule has 0 amide bonds. The number of nitrogens with zero attached hydrogens (tertiary/aromatic N) is 6. The van der Waals surface area contributed by atoms with Crippen molar-refractivity contribution in [1.29, 1.82) is 0 Å². The number of aromatic nitrogens is 6. The summed E-state index contributed by atoms with van der Waals surface area (Å²) in [5, 5.41) is 37.3. The third kappa shape index (κ3) is 17.8. The zero-order valence-electron chi connectivity index (χ0n) is 41.0. The summed E-state index contributed by atoms with van der Waals surface area (Å²) in [6.45, 7) is 0. The summed E-state index contributed by atoms with van der Waals surface area (Å²) < 4.78 is 146. The number of hydrogen-bond acceptors (Lipinski definition) is 26. The number of aromatic hydroxyl groups is 2. The molecule has 34 heteroatoms. The molecule has 6 aromatic carbocycles. The Hall–Kier alpha value is -4.88. The van der Waals surface area contributed by atoms with Gasteiger partial charge in [0, 0.05) is 22.7 Å². The van der Waals surface area contributed by atoms with Gasteiger partial charge in [-0.05, 0) is 96.1 Å². The number of phenols is 2. The summed E-state index contributed by atoms with van der Waals surface area (Å²) in [5.41, 5.74) is -0.276. The van der Waals surface area contributed by atoms with Crippen LogP contribution in [0.4, 0.5) is 69.8 Å². The molecule has 0 radical (unpaired) electrons. The summed E-state index contributed by atoms with van der Waals surface area (Å²) in [7, 11) is -20.3. The second kappa shape index (κ2) is 27.5. The van der Waals surface area contributed by atoms with Crippen molar-refractivity contribution < 1.29 is 180 Å². The fourth-order valence-electron chi connectivity index (χ4n) is 6.57. The first-order valence-corrected chi connectivity index (χ1v) is 26.3. The molecule has 8 N–H and O–H groups in total. The van der Waals surface area contributed by atoms with Gasteiger partial charge in [0.1, 0.15) is 52.0 Å². The molecule has 78 heavy (non-hydrogen) atoms. The Labute approximate surface area is 533 Å². The molecule has 0 saturated heterocycles. The monoisotopic (exact) mass is 1170 g/mol. The SMILES string of the molecule is O=S(=O)([O-])c1cccc(Nc2nc(Nc3ccc(/C=C/c4ccc(Nc5nc(Nc6cccc(S(=O)(=O)[O-])c6)nc(Nc6ccccc6O)n5)cc4S(=O)(=O)[O-])c(S(=O)(=O)[O-])c3)nc(Nc3ccccc3O)n2)c1.[Na+].[Na+].[Na+].[Na+]. The molecule has 0 fully saturated rings. The molecule has 8 rings (SSSR count). The Bertz CT molecular complexity index is 3750. The average molecular weight is 1170 g/mol. The van der Waals surface area contributed by atoms with Crippen LogP contribution in [-0.2, 0) is 40.5 Å². The van der Waals surface area contributed by atoms with Crippen LogP contribution in [0.5, 0.6) is 11.5 Å². The van der Waals surface area contributed by atoms with Gasteiger partial charge in [-0.15, -0.1) is 0 Å². The molecule has 2 heterocycles. The second-order valence-corrected chi connectivity index (χ2v) is 20.6. The van der Waals surface area contributed by atoms with Crippen LogP contribution in [0, 0.1) is 0 Å².